The van der Waals surface area contributed by atoms with Gasteiger partial charge in [0.05, 0.1) is 6.10 Å². The van der Waals surface area contributed by atoms with Crippen molar-refractivity contribution in [3.05, 3.63) is 29.8 Å². The number of hydrogen-bond donors (Lipinski definition) is 4. The molecule has 0 spiro atoms. The van der Waals surface area contributed by atoms with Gasteiger partial charge in [-0.1, -0.05) is 52.3 Å². The van der Waals surface area contributed by atoms with E-state index in [1.807, 2.05) is 43.0 Å². The van der Waals surface area contributed by atoms with Crippen molar-refractivity contribution in [2.75, 3.05) is 18.0 Å². The highest BCUT2D eigenvalue weighted by Gasteiger charge is 2.34. The first-order chi connectivity index (χ1) is 16.9. The van der Waals surface area contributed by atoms with Crippen LogP contribution in [0.15, 0.2) is 24.3 Å². The summed E-state index contributed by atoms with van der Waals surface area (Å²) in [6.45, 7) is 9.03. The van der Waals surface area contributed by atoms with Crippen molar-refractivity contribution in [1.29, 1.82) is 0 Å². The van der Waals surface area contributed by atoms with Gasteiger partial charge in [-0.2, -0.15) is 0 Å². The van der Waals surface area contributed by atoms with E-state index in [0.29, 0.717) is 32.4 Å². The zero-order chi connectivity index (χ0) is 26.9. The van der Waals surface area contributed by atoms with Crippen LogP contribution in [0.2, 0.25) is 0 Å². The van der Waals surface area contributed by atoms with Crippen molar-refractivity contribution in [2.24, 2.45) is 28.7 Å². The van der Waals surface area contributed by atoms with Crippen LogP contribution in [0.5, 0.6) is 0 Å². The van der Waals surface area contributed by atoms with Gasteiger partial charge >= 0.3 is 0 Å². The molecule has 8 heteroatoms. The molecule has 0 radical (unpaired) electrons. The summed E-state index contributed by atoms with van der Waals surface area (Å²) in [4.78, 5) is 38.9. The summed E-state index contributed by atoms with van der Waals surface area (Å²) in [6.07, 6.45) is 3.88. The van der Waals surface area contributed by atoms with Gasteiger partial charge in [-0.05, 0) is 55.1 Å². The van der Waals surface area contributed by atoms with Crippen LogP contribution in [0.3, 0.4) is 0 Å². The van der Waals surface area contributed by atoms with E-state index < -0.39 is 17.6 Å². The summed E-state index contributed by atoms with van der Waals surface area (Å²) >= 11 is 0. The summed E-state index contributed by atoms with van der Waals surface area (Å²) in [5.74, 6) is -0.558. The molecule has 1 aliphatic rings. The largest absolute Gasteiger partial charge is 0.391 e. The Morgan fingerprint density at radius 3 is 2.61 bits per heavy atom. The number of fused-ring (bicyclic) bond motifs is 1. The highest BCUT2D eigenvalue weighted by atomic mass is 16.3. The molecule has 36 heavy (non-hydrogen) atoms. The van der Waals surface area contributed by atoms with Crippen molar-refractivity contribution < 1.29 is 19.5 Å². The van der Waals surface area contributed by atoms with E-state index in [-0.39, 0.29) is 42.4 Å². The van der Waals surface area contributed by atoms with Gasteiger partial charge in [0, 0.05) is 43.6 Å². The second-order valence-corrected chi connectivity index (χ2v) is 11.3. The maximum absolute atomic E-state index is 13.5. The molecule has 0 fully saturated rings. The molecule has 3 amide bonds. The van der Waals surface area contributed by atoms with Crippen LogP contribution in [0.4, 0.5) is 5.69 Å². The number of anilines is 1. The predicted molar refractivity (Wildman–Crippen MR) is 143 cm³/mol. The number of para-hydroxylation sites is 1. The maximum Gasteiger partial charge on any atom is 0.227 e. The summed E-state index contributed by atoms with van der Waals surface area (Å²) in [6, 6.07) is 7.35. The standard InChI is InChI=1S/C28H46N4O4/c1-5-6-13-31-27(36)19(2)14-24(33)22(29)16-28(3,4)17-26(35)32-18-20(11-12-25(30)34)15-21-9-7-8-10-23(21)32/h7-10,19-20,22,24,33H,5-6,11-18,29H2,1-4H3,(H2,30,34)(H,31,36)/t19-,20-,22+,24+/m1/s1. The van der Waals surface area contributed by atoms with Gasteiger partial charge in [0.15, 0.2) is 0 Å². The van der Waals surface area contributed by atoms with Gasteiger partial charge in [-0.25, -0.2) is 0 Å². The summed E-state index contributed by atoms with van der Waals surface area (Å²) in [5, 5.41) is 13.6. The molecule has 1 heterocycles. The molecule has 0 unspecified atom stereocenters. The summed E-state index contributed by atoms with van der Waals surface area (Å²) in [5.41, 5.74) is 13.3. The first-order valence-corrected chi connectivity index (χ1v) is 13.3. The molecule has 8 nitrogen and oxygen atoms in total. The third-order valence-corrected chi connectivity index (χ3v) is 7.12. The van der Waals surface area contributed by atoms with Crippen molar-refractivity contribution in [3.63, 3.8) is 0 Å². The minimum Gasteiger partial charge on any atom is -0.391 e. The number of hydrogen-bond acceptors (Lipinski definition) is 5. The monoisotopic (exact) mass is 502 g/mol. The lowest BCUT2D eigenvalue weighted by atomic mass is 9.79. The fourth-order valence-corrected chi connectivity index (χ4v) is 5.01. The van der Waals surface area contributed by atoms with E-state index in [2.05, 4.69) is 12.2 Å². The smallest absolute Gasteiger partial charge is 0.227 e. The molecule has 2 rings (SSSR count). The molecular weight excluding hydrogens is 456 g/mol. The Balaban J connectivity index is 1.98. The molecule has 202 valence electrons. The van der Waals surface area contributed by atoms with Crippen LogP contribution < -0.4 is 21.7 Å². The number of benzene rings is 1. The van der Waals surface area contributed by atoms with Gasteiger partial charge < -0.3 is 26.8 Å². The van der Waals surface area contributed by atoms with Crippen molar-refractivity contribution >= 4 is 23.4 Å². The molecule has 4 atom stereocenters. The normalized spacial score (nSPS) is 18.2. The van der Waals surface area contributed by atoms with Crippen LogP contribution in [0.25, 0.3) is 0 Å². The van der Waals surface area contributed by atoms with Crippen LogP contribution in [-0.2, 0) is 20.8 Å². The topological polar surface area (TPSA) is 139 Å². The highest BCUT2D eigenvalue weighted by molar-refractivity contribution is 5.95. The number of carbonyl (C=O) groups is 3. The van der Waals surface area contributed by atoms with Gasteiger partial charge in [0.25, 0.3) is 0 Å². The van der Waals surface area contributed by atoms with Crippen molar-refractivity contribution in [1.82, 2.24) is 5.32 Å². The summed E-state index contributed by atoms with van der Waals surface area (Å²) in [7, 11) is 0. The molecule has 1 aromatic carbocycles. The van der Waals surface area contributed by atoms with E-state index in [0.717, 1.165) is 30.5 Å². The van der Waals surface area contributed by atoms with Crippen LogP contribution in [-0.4, -0.2) is 48.1 Å². The third-order valence-electron chi connectivity index (χ3n) is 7.12. The van der Waals surface area contributed by atoms with Gasteiger partial charge in [0.2, 0.25) is 17.7 Å². The Hall–Kier alpha value is -2.45. The minimum atomic E-state index is -0.833. The highest BCUT2D eigenvalue weighted by Crippen LogP contribution is 2.35. The molecule has 0 saturated heterocycles. The Morgan fingerprint density at radius 1 is 1.25 bits per heavy atom. The van der Waals surface area contributed by atoms with Crippen LogP contribution >= 0.6 is 0 Å². The lowest BCUT2D eigenvalue weighted by Gasteiger charge is -2.37. The number of amides is 3. The number of unbranched alkanes of at least 4 members (excludes halogenated alkanes) is 1. The molecule has 1 aromatic rings. The van der Waals surface area contributed by atoms with E-state index in [1.54, 1.807) is 6.92 Å². The average Bonchev–Trinajstić information content (AvgIpc) is 2.81. The number of carbonyl (C=O) groups excluding carboxylic acids is 3. The molecule has 6 N–H and O–H groups in total. The number of rotatable bonds is 14. The second kappa shape index (κ2) is 13.7. The number of primary amides is 1. The second-order valence-electron chi connectivity index (χ2n) is 11.3. The Labute approximate surface area is 216 Å². The quantitative estimate of drug-likeness (QED) is 0.290. The van der Waals surface area contributed by atoms with E-state index in [4.69, 9.17) is 11.5 Å². The minimum absolute atomic E-state index is 0.00147. The molecule has 0 aromatic heterocycles. The number of nitrogens with one attached hydrogen (secondary N) is 1. The van der Waals surface area contributed by atoms with Gasteiger partial charge in [-0.15, -0.1) is 0 Å². The van der Waals surface area contributed by atoms with Crippen LogP contribution in [0.1, 0.15) is 78.2 Å². The average molecular weight is 503 g/mol. The fourth-order valence-electron chi connectivity index (χ4n) is 5.01. The Kier molecular flexibility index (Phi) is 11.4. The predicted octanol–water partition coefficient (Wildman–Crippen LogP) is 2.89. The van der Waals surface area contributed by atoms with E-state index >= 15 is 0 Å². The number of aliphatic hydroxyl groups is 1. The molecule has 0 aliphatic carbocycles. The molecule has 0 bridgehead atoms. The lowest BCUT2D eigenvalue weighted by molar-refractivity contribution is -0.125. The zero-order valence-electron chi connectivity index (χ0n) is 22.5. The van der Waals surface area contributed by atoms with Crippen molar-refractivity contribution in [3.8, 4) is 0 Å². The molecular formula is C28H46N4O4. The summed E-state index contributed by atoms with van der Waals surface area (Å²) < 4.78 is 0. The lowest BCUT2D eigenvalue weighted by Crippen LogP contribution is -2.44. The van der Waals surface area contributed by atoms with Crippen molar-refractivity contribution in [2.45, 2.75) is 91.2 Å². The number of aliphatic hydroxyl groups excluding tert-OH is 1. The zero-order valence-corrected chi connectivity index (χ0v) is 22.5. The number of nitrogens with zero attached hydrogens (tertiary/aromatic N) is 1. The van der Waals surface area contributed by atoms with Gasteiger partial charge in [0.1, 0.15) is 0 Å². The third kappa shape index (κ3) is 9.21. The van der Waals surface area contributed by atoms with E-state index in [9.17, 15) is 19.5 Å². The molecule has 0 saturated carbocycles. The molecule has 1 aliphatic heterocycles. The SMILES string of the molecule is CCCCNC(=O)[C@H](C)C[C@H](O)[C@@H](N)CC(C)(C)CC(=O)N1C[C@H](CCC(N)=O)Cc2ccccc21. The van der Waals surface area contributed by atoms with Crippen LogP contribution in [0, 0.1) is 17.3 Å². The number of nitrogens with two attached hydrogens (primary N) is 2. The first kappa shape index (κ1) is 29.8. The maximum atomic E-state index is 13.5. The van der Waals surface area contributed by atoms with E-state index in [1.165, 1.54) is 0 Å². The Bertz CT molecular complexity index is 888. The van der Waals surface area contributed by atoms with Gasteiger partial charge in [-0.3, -0.25) is 14.4 Å². The first-order valence-electron chi connectivity index (χ1n) is 13.3. The Morgan fingerprint density at radius 2 is 1.94 bits per heavy atom. The fraction of sp³-hybridized carbons (Fsp3) is 0.679.